The monoisotopic (exact) mass is 347 g/mol. The van der Waals surface area contributed by atoms with Gasteiger partial charge in [-0.15, -0.1) is 0 Å². The maximum Gasteiger partial charge on any atom is 0.265 e. The van der Waals surface area contributed by atoms with Crippen LogP contribution in [-0.4, -0.2) is 19.1 Å². The molecule has 3 rings (SSSR count). The Morgan fingerprint density at radius 2 is 1.46 bits per heavy atom. The maximum atomic E-state index is 12.6. The van der Waals surface area contributed by atoms with E-state index in [4.69, 9.17) is 9.47 Å². The van der Waals surface area contributed by atoms with E-state index in [0.29, 0.717) is 11.5 Å². The van der Waals surface area contributed by atoms with Crippen LogP contribution in [0.3, 0.4) is 0 Å². The fraction of sp³-hybridized carbons (Fsp3) is 0.136. The van der Waals surface area contributed by atoms with Gasteiger partial charge in [-0.3, -0.25) is 4.79 Å². The molecule has 0 fully saturated rings. The number of carbonyl (C=O) groups excluding carboxylic acids is 1. The van der Waals surface area contributed by atoms with E-state index in [1.807, 2.05) is 66.7 Å². The van der Waals surface area contributed by atoms with Crippen LogP contribution in [0, 0.1) is 0 Å². The van der Waals surface area contributed by atoms with Crippen molar-refractivity contribution in [2.24, 2.45) is 0 Å². The summed E-state index contributed by atoms with van der Waals surface area (Å²) >= 11 is 0. The minimum atomic E-state index is -0.671. The molecule has 0 radical (unpaired) electrons. The molecule has 3 aromatic rings. The average molecular weight is 347 g/mol. The number of carbonyl (C=O) groups is 1. The first-order chi connectivity index (χ1) is 12.7. The third-order valence-corrected chi connectivity index (χ3v) is 4.01. The van der Waals surface area contributed by atoms with Crippen molar-refractivity contribution in [1.29, 1.82) is 0 Å². The topological polar surface area (TPSA) is 47.6 Å². The van der Waals surface area contributed by atoms with Crippen LogP contribution in [0.25, 0.3) is 11.1 Å². The lowest BCUT2D eigenvalue weighted by atomic mass is 10.0. The highest BCUT2D eigenvalue weighted by Crippen LogP contribution is 2.29. The minimum Gasteiger partial charge on any atom is -0.493 e. The molecule has 1 amide bonds. The largest absolute Gasteiger partial charge is 0.493 e. The van der Waals surface area contributed by atoms with Gasteiger partial charge in [0.15, 0.2) is 17.6 Å². The van der Waals surface area contributed by atoms with Crippen LogP contribution in [0.4, 0.5) is 5.69 Å². The summed E-state index contributed by atoms with van der Waals surface area (Å²) in [6, 6.07) is 24.9. The number of para-hydroxylation sites is 3. The van der Waals surface area contributed by atoms with Gasteiger partial charge >= 0.3 is 0 Å². The van der Waals surface area contributed by atoms with E-state index in [0.717, 1.165) is 16.8 Å². The van der Waals surface area contributed by atoms with Gasteiger partial charge in [0.05, 0.1) is 7.11 Å². The zero-order valence-electron chi connectivity index (χ0n) is 14.8. The highest BCUT2D eigenvalue weighted by Gasteiger charge is 2.18. The number of rotatable bonds is 6. The van der Waals surface area contributed by atoms with E-state index in [1.54, 1.807) is 26.2 Å². The Kier molecular flexibility index (Phi) is 5.54. The van der Waals surface area contributed by atoms with Crippen molar-refractivity contribution in [2.75, 3.05) is 12.4 Å². The quantitative estimate of drug-likeness (QED) is 0.699. The fourth-order valence-corrected chi connectivity index (χ4v) is 2.66. The number of hydrogen-bond acceptors (Lipinski definition) is 3. The lowest BCUT2D eigenvalue weighted by Gasteiger charge is -2.18. The van der Waals surface area contributed by atoms with Gasteiger partial charge in [-0.1, -0.05) is 60.7 Å². The van der Waals surface area contributed by atoms with Crippen LogP contribution >= 0.6 is 0 Å². The van der Waals surface area contributed by atoms with Crippen molar-refractivity contribution in [3.8, 4) is 22.6 Å². The molecule has 0 saturated carbocycles. The van der Waals surface area contributed by atoms with Crippen molar-refractivity contribution in [2.45, 2.75) is 13.0 Å². The van der Waals surface area contributed by atoms with Crippen LogP contribution in [0.1, 0.15) is 6.92 Å². The molecule has 1 atom stereocenters. The summed E-state index contributed by atoms with van der Waals surface area (Å²) in [7, 11) is 1.57. The molecule has 0 aliphatic rings. The van der Waals surface area contributed by atoms with E-state index in [-0.39, 0.29) is 5.91 Å². The first kappa shape index (κ1) is 17.5. The second-order valence-electron chi connectivity index (χ2n) is 5.81. The molecule has 1 unspecified atom stereocenters. The minimum absolute atomic E-state index is 0.223. The number of ether oxygens (including phenoxy) is 2. The van der Waals surface area contributed by atoms with Crippen molar-refractivity contribution in [3.63, 3.8) is 0 Å². The SMILES string of the molecule is COc1ccccc1OC(C)C(=O)Nc1ccccc1-c1ccccc1. The summed E-state index contributed by atoms with van der Waals surface area (Å²) < 4.78 is 11.0. The van der Waals surface area contributed by atoms with Crippen molar-refractivity contribution < 1.29 is 14.3 Å². The third kappa shape index (κ3) is 4.03. The van der Waals surface area contributed by atoms with E-state index in [2.05, 4.69) is 5.32 Å². The summed E-state index contributed by atoms with van der Waals surface area (Å²) in [5.41, 5.74) is 2.76. The number of benzene rings is 3. The zero-order valence-corrected chi connectivity index (χ0v) is 14.8. The highest BCUT2D eigenvalue weighted by atomic mass is 16.5. The molecule has 0 bridgehead atoms. The van der Waals surface area contributed by atoms with E-state index >= 15 is 0 Å². The maximum absolute atomic E-state index is 12.6. The van der Waals surface area contributed by atoms with E-state index in [9.17, 15) is 4.79 Å². The molecule has 0 spiro atoms. The normalized spacial score (nSPS) is 11.5. The van der Waals surface area contributed by atoms with Gasteiger partial charge in [-0.2, -0.15) is 0 Å². The molecule has 3 aromatic carbocycles. The van der Waals surface area contributed by atoms with Gasteiger partial charge in [-0.25, -0.2) is 0 Å². The van der Waals surface area contributed by atoms with Crippen LogP contribution < -0.4 is 14.8 Å². The Bertz CT molecular complexity index is 877. The standard InChI is InChI=1S/C22H21NO3/c1-16(26-21-15-9-8-14-20(21)25-2)22(24)23-19-13-7-6-12-18(19)17-10-4-3-5-11-17/h3-16H,1-2H3,(H,23,24). The number of hydrogen-bond donors (Lipinski definition) is 1. The van der Waals surface area contributed by atoms with Gasteiger partial charge in [-0.05, 0) is 30.7 Å². The lowest BCUT2D eigenvalue weighted by Crippen LogP contribution is -2.30. The number of methoxy groups -OCH3 is 1. The fourth-order valence-electron chi connectivity index (χ4n) is 2.66. The summed E-state index contributed by atoms with van der Waals surface area (Å²) in [4.78, 5) is 12.6. The first-order valence-electron chi connectivity index (χ1n) is 8.44. The zero-order chi connectivity index (χ0) is 18.4. The van der Waals surface area contributed by atoms with Crippen LogP contribution in [0.2, 0.25) is 0 Å². The van der Waals surface area contributed by atoms with Gasteiger partial charge in [0.1, 0.15) is 0 Å². The lowest BCUT2D eigenvalue weighted by molar-refractivity contribution is -0.122. The van der Waals surface area contributed by atoms with Gasteiger partial charge in [0.25, 0.3) is 5.91 Å². The summed E-state index contributed by atoms with van der Waals surface area (Å²) in [6.07, 6.45) is -0.671. The second kappa shape index (κ2) is 8.21. The molecular weight excluding hydrogens is 326 g/mol. The number of anilines is 1. The Labute approximate surface area is 153 Å². The molecule has 132 valence electrons. The smallest absolute Gasteiger partial charge is 0.265 e. The van der Waals surface area contributed by atoms with Gasteiger partial charge in [0, 0.05) is 11.3 Å². The number of nitrogens with one attached hydrogen (secondary N) is 1. The third-order valence-electron chi connectivity index (χ3n) is 4.01. The molecule has 0 aromatic heterocycles. The van der Waals surface area contributed by atoms with Gasteiger partial charge < -0.3 is 14.8 Å². The van der Waals surface area contributed by atoms with Crippen LogP contribution in [-0.2, 0) is 4.79 Å². The van der Waals surface area contributed by atoms with Crippen LogP contribution in [0.5, 0.6) is 11.5 Å². The Morgan fingerprint density at radius 1 is 0.846 bits per heavy atom. The van der Waals surface area contributed by atoms with E-state index in [1.165, 1.54) is 0 Å². The molecule has 4 heteroatoms. The highest BCUT2D eigenvalue weighted by molar-refractivity contribution is 5.98. The molecular formula is C22H21NO3. The predicted octanol–water partition coefficient (Wildman–Crippen LogP) is 4.77. The molecule has 0 aliphatic carbocycles. The van der Waals surface area contributed by atoms with E-state index < -0.39 is 6.10 Å². The van der Waals surface area contributed by atoms with Crippen molar-refractivity contribution in [1.82, 2.24) is 0 Å². The summed E-state index contributed by atoms with van der Waals surface area (Å²) in [5.74, 6) is 0.908. The van der Waals surface area contributed by atoms with Crippen LogP contribution in [0.15, 0.2) is 78.9 Å². The first-order valence-corrected chi connectivity index (χ1v) is 8.44. The number of amides is 1. The molecule has 4 nitrogen and oxygen atoms in total. The molecule has 0 saturated heterocycles. The molecule has 0 heterocycles. The Morgan fingerprint density at radius 3 is 2.19 bits per heavy atom. The summed E-state index contributed by atoms with van der Waals surface area (Å²) in [5, 5.41) is 2.96. The summed E-state index contributed by atoms with van der Waals surface area (Å²) in [6.45, 7) is 1.72. The molecule has 0 aliphatic heterocycles. The average Bonchev–Trinajstić information content (AvgIpc) is 2.69. The Hall–Kier alpha value is -3.27. The van der Waals surface area contributed by atoms with Crippen molar-refractivity contribution >= 4 is 11.6 Å². The van der Waals surface area contributed by atoms with Gasteiger partial charge in [0.2, 0.25) is 0 Å². The molecule has 1 N–H and O–H groups in total. The molecule has 26 heavy (non-hydrogen) atoms. The Balaban J connectivity index is 1.76. The van der Waals surface area contributed by atoms with Crippen molar-refractivity contribution in [3.05, 3.63) is 78.9 Å². The second-order valence-corrected chi connectivity index (χ2v) is 5.81. The predicted molar refractivity (Wildman–Crippen MR) is 104 cm³/mol.